The first-order chi connectivity index (χ1) is 13.4. The number of hydrogen-bond donors (Lipinski definition) is 2. The topological polar surface area (TPSA) is 61.4 Å². The molecule has 0 unspecified atom stereocenters. The summed E-state index contributed by atoms with van der Waals surface area (Å²) in [6.45, 7) is 1.62. The van der Waals surface area contributed by atoms with Gasteiger partial charge in [0.2, 0.25) is 0 Å². The largest absolute Gasteiger partial charge is 0.339 e. The number of carbonyl (C=O) groups excluding carboxylic acids is 2. The highest BCUT2D eigenvalue weighted by atomic mass is 35.5. The van der Waals surface area contributed by atoms with Gasteiger partial charge in [0, 0.05) is 39.9 Å². The first kappa shape index (κ1) is 20.6. The predicted molar refractivity (Wildman–Crippen MR) is 116 cm³/mol. The second-order valence-corrected chi connectivity index (χ2v) is 7.78. The van der Waals surface area contributed by atoms with E-state index < -0.39 is 5.91 Å². The van der Waals surface area contributed by atoms with Crippen molar-refractivity contribution in [2.24, 2.45) is 0 Å². The summed E-state index contributed by atoms with van der Waals surface area (Å²) >= 11 is 17.0. The maximum atomic E-state index is 12.5. The lowest BCUT2D eigenvalue weighted by Crippen LogP contribution is -2.35. The van der Waals surface area contributed by atoms with Gasteiger partial charge in [0.15, 0.2) is 5.11 Å². The van der Waals surface area contributed by atoms with Gasteiger partial charge in [-0.3, -0.25) is 14.9 Å². The number of thiocarbonyl (C=S) groups is 1. The van der Waals surface area contributed by atoms with Gasteiger partial charge < -0.3 is 10.2 Å². The lowest BCUT2D eigenvalue weighted by atomic mass is 10.1. The van der Waals surface area contributed by atoms with Crippen LogP contribution in [0.3, 0.4) is 0 Å². The van der Waals surface area contributed by atoms with Gasteiger partial charge in [0.1, 0.15) is 0 Å². The number of amides is 2. The fourth-order valence-electron chi connectivity index (χ4n) is 3.00. The Morgan fingerprint density at radius 2 is 1.50 bits per heavy atom. The molecular formula is C20H19Cl2N3O2S. The molecule has 2 aromatic rings. The van der Waals surface area contributed by atoms with Crippen molar-refractivity contribution in [1.29, 1.82) is 0 Å². The molecule has 5 nitrogen and oxygen atoms in total. The quantitative estimate of drug-likeness (QED) is 0.682. The van der Waals surface area contributed by atoms with Gasteiger partial charge in [0.05, 0.1) is 0 Å². The van der Waals surface area contributed by atoms with Crippen molar-refractivity contribution in [3.05, 3.63) is 63.6 Å². The van der Waals surface area contributed by atoms with Crippen LogP contribution in [0.5, 0.6) is 0 Å². The summed E-state index contributed by atoms with van der Waals surface area (Å²) in [6.07, 6.45) is 3.28. The van der Waals surface area contributed by atoms with Crippen molar-refractivity contribution in [2.75, 3.05) is 18.4 Å². The van der Waals surface area contributed by atoms with Crippen molar-refractivity contribution in [1.82, 2.24) is 10.2 Å². The maximum Gasteiger partial charge on any atom is 0.257 e. The standard InChI is InChI=1S/C20H19Cl2N3O2S/c21-15-10-14(11-16(22)12-15)18(26)24-20(28)23-17-6-4-13(5-7-17)19(27)25-8-2-1-3-9-25/h4-7,10-12H,1-3,8-9H2,(H2,23,24,26,28). The fraction of sp³-hybridized carbons (Fsp3) is 0.250. The maximum absolute atomic E-state index is 12.5. The molecule has 1 fully saturated rings. The third kappa shape index (κ3) is 5.44. The number of carbonyl (C=O) groups is 2. The molecule has 1 aliphatic heterocycles. The number of nitrogens with zero attached hydrogens (tertiary/aromatic N) is 1. The summed E-state index contributed by atoms with van der Waals surface area (Å²) < 4.78 is 0. The molecule has 0 aliphatic carbocycles. The number of hydrogen-bond acceptors (Lipinski definition) is 3. The van der Waals surface area contributed by atoms with Gasteiger partial charge in [-0.25, -0.2) is 0 Å². The van der Waals surface area contributed by atoms with Crippen LogP contribution in [0.1, 0.15) is 40.0 Å². The van der Waals surface area contributed by atoms with Crippen molar-refractivity contribution < 1.29 is 9.59 Å². The molecule has 1 saturated heterocycles. The van der Waals surface area contributed by atoms with Gasteiger partial charge in [-0.05, 0) is 73.9 Å². The molecule has 0 atom stereocenters. The number of benzene rings is 2. The van der Waals surface area contributed by atoms with E-state index in [2.05, 4.69) is 10.6 Å². The molecular weight excluding hydrogens is 417 g/mol. The SMILES string of the molecule is O=C(NC(=S)Nc1ccc(C(=O)N2CCCCC2)cc1)c1cc(Cl)cc(Cl)c1. The molecule has 2 aromatic carbocycles. The van der Waals surface area contributed by atoms with E-state index in [1.54, 1.807) is 30.3 Å². The highest BCUT2D eigenvalue weighted by molar-refractivity contribution is 7.80. The minimum atomic E-state index is -0.418. The van der Waals surface area contributed by atoms with E-state index in [1.165, 1.54) is 18.6 Å². The Hall–Kier alpha value is -2.15. The number of piperidine rings is 1. The van der Waals surface area contributed by atoms with Crippen molar-refractivity contribution in [3.8, 4) is 0 Å². The molecule has 0 spiro atoms. The van der Waals surface area contributed by atoms with Crippen LogP contribution in [0.4, 0.5) is 5.69 Å². The summed E-state index contributed by atoms with van der Waals surface area (Å²) in [5.74, 6) is -0.376. The number of halogens is 2. The second kappa shape index (κ2) is 9.37. The van der Waals surface area contributed by atoms with Gasteiger partial charge in [-0.1, -0.05) is 23.2 Å². The van der Waals surface area contributed by atoms with Gasteiger partial charge in [-0.2, -0.15) is 0 Å². The zero-order valence-electron chi connectivity index (χ0n) is 15.0. The third-order valence-corrected chi connectivity index (χ3v) is 5.03. The fourth-order valence-corrected chi connectivity index (χ4v) is 3.73. The van der Waals surface area contributed by atoms with Gasteiger partial charge >= 0.3 is 0 Å². The summed E-state index contributed by atoms with van der Waals surface area (Å²) in [5, 5.41) is 6.37. The van der Waals surface area contributed by atoms with Gasteiger partial charge in [-0.15, -0.1) is 0 Å². The number of rotatable bonds is 3. The average molecular weight is 436 g/mol. The van der Waals surface area contributed by atoms with Crippen LogP contribution < -0.4 is 10.6 Å². The molecule has 28 heavy (non-hydrogen) atoms. The second-order valence-electron chi connectivity index (χ2n) is 6.50. The Morgan fingerprint density at radius 1 is 0.893 bits per heavy atom. The van der Waals surface area contributed by atoms with Crippen molar-refractivity contribution in [3.63, 3.8) is 0 Å². The van der Waals surface area contributed by atoms with Crippen LogP contribution in [0.2, 0.25) is 10.0 Å². The van der Waals surface area contributed by atoms with Crippen LogP contribution in [0.15, 0.2) is 42.5 Å². The van der Waals surface area contributed by atoms with Crippen molar-refractivity contribution >= 4 is 58.0 Å². The first-order valence-corrected chi connectivity index (χ1v) is 10.1. The van der Waals surface area contributed by atoms with Crippen LogP contribution in [0.25, 0.3) is 0 Å². The smallest absolute Gasteiger partial charge is 0.257 e. The minimum Gasteiger partial charge on any atom is -0.339 e. The van der Waals surface area contributed by atoms with E-state index in [0.717, 1.165) is 25.9 Å². The summed E-state index contributed by atoms with van der Waals surface area (Å²) in [5.41, 5.74) is 1.62. The highest BCUT2D eigenvalue weighted by Crippen LogP contribution is 2.19. The zero-order valence-corrected chi connectivity index (χ0v) is 17.3. The van der Waals surface area contributed by atoms with Crippen LogP contribution in [0, 0.1) is 0 Å². The molecule has 2 N–H and O–H groups in total. The predicted octanol–water partition coefficient (Wildman–Crippen LogP) is 4.75. The Kier molecular flexibility index (Phi) is 6.88. The van der Waals surface area contributed by atoms with Crippen LogP contribution in [-0.2, 0) is 0 Å². The van der Waals surface area contributed by atoms with E-state index in [1.807, 2.05) is 4.90 Å². The third-order valence-electron chi connectivity index (χ3n) is 4.38. The normalized spacial score (nSPS) is 13.7. The average Bonchev–Trinajstić information content (AvgIpc) is 2.68. The van der Waals surface area contributed by atoms with E-state index in [9.17, 15) is 9.59 Å². The van der Waals surface area contributed by atoms with E-state index in [-0.39, 0.29) is 11.0 Å². The zero-order chi connectivity index (χ0) is 20.1. The Morgan fingerprint density at radius 3 is 2.11 bits per heavy atom. The van der Waals surface area contributed by atoms with Gasteiger partial charge in [0.25, 0.3) is 11.8 Å². The summed E-state index contributed by atoms with van der Waals surface area (Å²) in [7, 11) is 0. The first-order valence-electron chi connectivity index (χ1n) is 8.90. The molecule has 8 heteroatoms. The van der Waals surface area contributed by atoms with Crippen LogP contribution >= 0.6 is 35.4 Å². The lowest BCUT2D eigenvalue weighted by molar-refractivity contribution is 0.0724. The van der Waals surface area contributed by atoms with Crippen LogP contribution in [-0.4, -0.2) is 34.9 Å². The highest BCUT2D eigenvalue weighted by Gasteiger charge is 2.18. The van der Waals surface area contributed by atoms with E-state index in [0.29, 0.717) is 26.9 Å². The monoisotopic (exact) mass is 435 g/mol. The molecule has 3 rings (SSSR count). The number of nitrogens with one attached hydrogen (secondary N) is 2. The molecule has 146 valence electrons. The molecule has 0 radical (unpaired) electrons. The Balaban J connectivity index is 1.58. The van der Waals surface area contributed by atoms with Crippen molar-refractivity contribution in [2.45, 2.75) is 19.3 Å². The molecule has 0 bridgehead atoms. The van der Waals surface area contributed by atoms with E-state index >= 15 is 0 Å². The lowest BCUT2D eigenvalue weighted by Gasteiger charge is -2.26. The Labute approximate surface area is 179 Å². The minimum absolute atomic E-state index is 0.0416. The summed E-state index contributed by atoms with van der Waals surface area (Å²) in [6, 6.07) is 11.6. The molecule has 0 aromatic heterocycles. The Bertz CT molecular complexity index is 877. The molecule has 1 aliphatic rings. The number of anilines is 1. The number of likely N-dealkylation sites (tertiary alicyclic amines) is 1. The molecule has 0 saturated carbocycles. The summed E-state index contributed by atoms with van der Waals surface area (Å²) in [4.78, 5) is 26.6. The molecule has 1 heterocycles. The molecule has 2 amide bonds. The van der Waals surface area contributed by atoms with E-state index in [4.69, 9.17) is 35.4 Å².